The summed E-state index contributed by atoms with van der Waals surface area (Å²) in [7, 11) is 0. The fraction of sp³-hybridized carbons (Fsp3) is 0.464. The third-order valence-electron chi connectivity index (χ3n) is 7.42. The molecule has 2 amide bonds. The average molecular weight is 460 g/mol. The van der Waals surface area contributed by atoms with Crippen LogP contribution in [0, 0.1) is 5.92 Å². The summed E-state index contributed by atoms with van der Waals surface area (Å²) in [5, 5.41) is 4.26. The number of amides is 2. The Kier molecular flexibility index (Phi) is 6.40. The number of piperidine rings is 1. The molecule has 2 saturated heterocycles. The highest BCUT2D eigenvalue weighted by Gasteiger charge is 2.45. The number of likely N-dealkylation sites (tertiary alicyclic amines) is 2. The Hall–Kier alpha value is -3.15. The Morgan fingerprint density at radius 1 is 0.971 bits per heavy atom. The molecule has 0 spiro atoms. The molecule has 5 rings (SSSR count). The molecule has 0 saturated carbocycles. The predicted molar refractivity (Wildman–Crippen MR) is 132 cm³/mol. The Balaban J connectivity index is 1.20. The zero-order chi connectivity index (χ0) is 23.5. The van der Waals surface area contributed by atoms with E-state index in [1.54, 1.807) is 0 Å². The lowest BCUT2D eigenvalue weighted by atomic mass is 9.90. The average Bonchev–Trinajstić information content (AvgIpc) is 3.55. The lowest BCUT2D eigenvalue weighted by molar-refractivity contribution is -0.152. The van der Waals surface area contributed by atoms with Crippen LogP contribution in [-0.4, -0.2) is 59.1 Å². The zero-order valence-corrected chi connectivity index (χ0v) is 19.9. The summed E-state index contributed by atoms with van der Waals surface area (Å²) in [6, 6.07) is 18.2. The largest absolute Gasteiger partial charge is 0.379 e. The minimum atomic E-state index is -0.958. The summed E-state index contributed by atoms with van der Waals surface area (Å²) in [5.74, 6) is 0.693. The van der Waals surface area contributed by atoms with Crippen LogP contribution in [0.1, 0.15) is 60.5 Å². The number of hydrogen-bond donors (Lipinski definition) is 0. The number of rotatable bonds is 5. The maximum atomic E-state index is 13.2. The monoisotopic (exact) mass is 459 g/mol. The van der Waals surface area contributed by atoms with Gasteiger partial charge in [-0.25, -0.2) is 0 Å². The lowest BCUT2D eigenvalue weighted by Gasteiger charge is -2.32. The summed E-state index contributed by atoms with van der Waals surface area (Å²) in [5.41, 5.74) is 2.66. The Labute approximate surface area is 201 Å². The van der Waals surface area contributed by atoms with Gasteiger partial charge in [0, 0.05) is 43.7 Å². The topological polar surface area (TPSA) is 62.2 Å². The first kappa shape index (κ1) is 22.6. The molecular formula is C28H33N3O3. The smallest absolute Gasteiger partial charge is 0.269 e. The van der Waals surface area contributed by atoms with Gasteiger partial charge in [0.15, 0.2) is 0 Å². The highest BCUT2D eigenvalue weighted by molar-refractivity contribution is 6.07. The Morgan fingerprint density at radius 2 is 1.71 bits per heavy atom. The van der Waals surface area contributed by atoms with Crippen molar-refractivity contribution in [3.05, 3.63) is 71.3 Å². The third kappa shape index (κ3) is 4.72. The first-order valence-corrected chi connectivity index (χ1v) is 12.5. The SMILES string of the molecule is CC1(C(=O)N2CCCC2)CC(c2cccc(C(=O)N3CCC(Cc4ccccc4)CC3)c2)=NO1. The van der Waals surface area contributed by atoms with Gasteiger partial charge in [0.25, 0.3) is 11.8 Å². The lowest BCUT2D eigenvalue weighted by Crippen LogP contribution is -2.46. The molecule has 1 unspecified atom stereocenters. The second-order valence-corrected chi connectivity index (χ2v) is 10.0. The van der Waals surface area contributed by atoms with E-state index in [0.717, 1.165) is 69.6 Å². The van der Waals surface area contributed by atoms with E-state index in [4.69, 9.17) is 4.84 Å². The van der Waals surface area contributed by atoms with Crippen molar-refractivity contribution >= 4 is 17.5 Å². The van der Waals surface area contributed by atoms with Gasteiger partial charge < -0.3 is 14.6 Å². The number of benzene rings is 2. The summed E-state index contributed by atoms with van der Waals surface area (Å²) < 4.78 is 0. The molecule has 178 valence electrons. The van der Waals surface area contributed by atoms with Crippen molar-refractivity contribution in [3.8, 4) is 0 Å². The van der Waals surface area contributed by atoms with Crippen LogP contribution in [0.3, 0.4) is 0 Å². The van der Waals surface area contributed by atoms with Crippen LogP contribution >= 0.6 is 0 Å². The number of oxime groups is 1. The maximum Gasteiger partial charge on any atom is 0.269 e. The van der Waals surface area contributed by atoms with E-state index in [2.05, 4.69) is 29.4 Å². The highest BCUT2D eigenvalue weighted by Crippen LogP contribution is 2.30. The number of hydrogen-bond acceptors (Lipinski definition) is 4. The standard InChI is InChI=1S/C28H33N3O3/c1-28(27(33)31-14-5-6-15-31)20-25(29-34-28)23-10-7-11-24(19-23)26(32)30-16-12-22(13-17-30)18-21-8-3-2-4-9-21/h2-4,7-11,19,22H,5-6,12-18,20H2,1H3. The van der Waals surface area contributed by atoms with Crippen molar-refractivity contribution in [3.63, 3.8) is 0 Å². The minimum Gasteiger partial charge on any atom is -0.379 e. The fourth-order valence-electron chi connectivity index (χ4n) is 5.37. The van der Waals surface area contributed by atoms with Crippen molar-refractivity contribution in [2.45, 2.75) is 51.0 Å². The summed E-state index contributed by atoms with van der Waals surface area (Å²) in [6.45, 7) is 4.97. The van der Waals surface area contributed by atoms with E-state index in [1.165, 1.54) is 5.56 Å². The van der Waals surface area contributed by atoms with E-state index >= 15 is 0 Å². The molecule has 0 radical (unpaired) electrons. The van der Waals surface area contributed by atoms with E-state index in [0.29, 0.717) is 17.9 Å². The van der Waals surface area contributed by atoms with Gasteiger partial charge in [-0.05, 0) is 62.6 Å². The Morgan fingerprint density at radius 3 is 2.44 bits per heavy atom. The van der Waals surface area contributed by atoms with Gasteiger partial charge >= 0.3 is 0 Å². The van der Waals surface area contributed by atoms with Gasteiger partial charge in [0.1, 0.15) is 0 Å². The molecule has 1 atom stereocenters. The molecule has 0 bridgehead atoms. The Bertz CT molecular complexity index is 1070. The fourth-order valence-corrected chi connectivity index (χ4v) is 5.37. The number of carbonyl (C=O) groups excluding carboxylic acids is 2. The molecule has 2 aromatic rings. The van der Waals surface area contributed by atoms with Gasteiger partial charge in [-0.2, -0.15) is 0 Å². The van der Waals surface area contributed by atoms with Crippen LogP contribution in [0.2, 0.25) is 0 Å². The molecule has 0 aromatic heterocycles. The summed E-state index contributed by atoms with van der Waals surface area (Å²) >= 11 is 0. The van der Waals surface area contributed by atoms with E-state index in [-0.39, 0.29) is 11.8 Å². The quantitative estimate of drug-likeness (QED) is 0.670. The second kappa shape index (κ2) is 9.61. The van der Waals surface area contributed by atoms with Gasteiger partial charge in [0.2, 0.25) is 5.60 Å². The molecule has 3 aliphatic heterocycles. The van der Waals surface area contributed by atoms with Crippen molar-refractivity contribution in [2.24, 2.45) is 11.1 Å². The first-order valence-electron chi connectivity index (χ1n) is 12.5. The third-order valence-corrected chi connectivity index (χ3v) is 7.42. The van der Waals surface area contributed by atoms with E-state index in [9.17, 15) is 9.59 Å². The van der Waals surface area contributed by atoms with Crippen LogP contribution in [0.25, 0.3) is 0 Å². The van der Waals surface area contributed by atoms with Crippen LogP contribution in [-0.2, 0) is 16.1 Å². The highest BCUT2D eigenvalue weighted by atomic mass is 16.7. The summed E-state index contributed by atoms with van der Waals surface area (Å²) in [4.78, 5) is 35.7. The minimum absolute atomic E-state index is 0.00866. The van der Waals surface area contributed by atoms with Crippen molar-refractivity contribution in [1.29, 1.82) is 0 Å². The number of carbonyl (C=O) groups is 2. The predicted octanol–water partition coefficient (Wildman–Crippen LogP) is 4.29. The van der Waals surface area contributed by atoms with Gasteiger partial charge in [-0.1, -0.05) is 47.6 Å². The molecule has 6 nitrogen and oxygen atoms in total. The van der Waals surface area contributed by atoms with Crippen LogP contribution in [0.4, 0.5) is 0 Å². The van der Waals surface area contributed by atoms with E-state index in [1.807, 2.05) is 47.1 Å². The molecule has 0 N–H and O–H groups in total. The van der Waals surface area contributed by atoms with Gasteiger partial charge in [-0.3, -0.25) is 9.59 Å². The second-order valence-electron chi connectivity index (χ2n) is 10.0. The van der Waals surface area contributed by atoms with E-state index < -0.39 is 5.60 Å². The molecule has 6 heteroatoms. The van der Waals surface area contributed by atoms with Gasteiger partial charge in [-0.15, -0.1) is 0 Å². The van der Waals surface area contributed by atoms with Gasteiger partial charge in [0.05, 0.1) is 5.71 Å². The molecule has 3 heterocycles. The zero-order valence-electron chi connectivity index (χ0n) is 19.9. The molecule has 3 aliphatic rings. The number of nitrogens with zero attached hydrogens (tertiary/aromatic N) is 3. The maximum absolute atomic E-state index is 13.2. The molecular weight excluding hydrogens is 426 g/mol. The van der Waals surface area contributed by atoms with Crippen LogP contribution in [0.5, 0.6) is 0 Å². The molecule has 2 aromatic carbocycles. The normalized spacial score (nSPS) is 23.0. The van der Waals surface area contributed by atoms with Crippen molar-refractivity contribution in [1.82, 2.24) is 9.80 Å². The van der Waals surface area contributed by atoms with Crippen molar-refractivity contribution < 1.29 is 14.4 Å². The first-order chi connectivity index (χ1) is 16.5. The van der Waals surface area contributed by atoms with Crippen molar-refractivity contribution in [2.75, 3.05) is 26.2 Å². The molecule has 34 heavy (non-hydrogen) atoms. The summed E-state index contributed by atoms with van der Waals surface area (Å²) in [6.07, 6.45) is 5.64. The molecule has 0 aliphatic carbocycles. The van der Waals surface area contributed by atoms with Crippen LogP contribution < -0.4 is 0 Å². The molecule has 2 fully saturated rings. The van der Waals surface area contributed by atoms with Crippen LogP contribution in [0.15, 0.2) is 59.8 Å².